The molecule has 5 heteroatoms. The molecule has 2 atom stereocenters. The highest BCUT2D eigenvalue weighted by atomic mass is 19.3. The van der Waals surface area contributed by atoms with Gasteiger partial charge in [-0.05, 0) is 5.56 Å². The fraction of sp³-hybridized carbons (Fsp3) is 0.300. The normalized spacial score (nSPS) is 14.9. The smallest absolute Gasteiger partial charge is 0.321 e. The monoisotopic (exact) mass is 215 g/mol. The van der Waals surface area contributed by atoms with Crippen molar-refractivity contribution in [1.29, 1.82) is 0 Å². The third-order valence-electron chi connectivity index (χ3n) is 2.13. The van der Waals surface area contributed by atoms with Crippen molar-refractivity contribution in [3.8, 4) is 0 Å². The van der Waals surface area contributed by atoms with Crippen LogP contribution in [0.2, 0.25) is 0 Å². The number of hydrogen-bond acceptors (Lipinski definition) is 2. The van der Waals surface area contributed by atoms with Gasteiger partial charge in [-0.2, -0.15) is 0 Å². The standard InChI is InChI=1S/C10H11F2NO2/c11-9(12)7(8(13)10(14)15)6-4-2-1-3-5-6/h1-5,7-9H,13H2,(H,14,15)/t7-,8-/m0/s1. The summed E-state index contributed by atoms with van der Waals surface area (Å²) < 4.78 is 25.3. The van der Waals surface area contributed by atoms with Crippen LogP contribution < -0.4 is 5.73 Å². The molecule has 15 heavy (non-hydrogen) atoms. The fourth-order valence-electron chi connectivity index (χ4n) is 1.34. The second kappa shape index (κ2) is 4.84. The Labute approximate surface area is 85.5 Å². The molecule has 0 bridgehead atoms. The van der Waals surface area contributed by atoms with Crippen LogP contribution in [0.1, 0.15) is 11.5 Å². The Morgan fingerprint density at radius 3 is 2.20 bits per heavy atom. The lowest BCUT2D eigenvalue weighted by molar-refractivity contribution is -0.140. The molecule has 0 amide bonds. The molecule has 0 aliphatic carbocycles. The van der Waals surface area contributed by atoms with Crippen LogP contribution in [0.25, 0.3) is 0 Å². The molecule has 1 aromatic rings. The van der Waals surface area contributed by atoms with Crippen molar-refractivity contribution in [2.75, 3.05) is 0 Å². The van der Waals surface area contributed by atoms with Crippen molar-refractivity contribution < 1.29 is 18.7 Å². The highest BCUT2D eigenvalue weighted by Gasteiger charge is 2.33. The number of benzene rings is 1. The Morgan fingerprint density at radius 1 is 1.27 bits per heavy atom. The third-order valence-corrected chi connectivity index (χ3v) is 2.13. The van der Waals surface area contributed by atoms with Gasteiger partial charge in [0.2, 0.25) is 6.43 Å². The van der Waals surface area contributed by atoms with Crippen molar-refractivity contribution >= 4 is 5.97 Å². The molecule has 0 spiro atoms. The van der Waals surface area contributed by atoms with Crippen molar-refractivity contribution in [3.63, 3.8) is 0 Å². The number of carbonyl (C=O) groups is 1. The van der Waals surface area contributed by atoms with Crippen molar-refractivity contribution in [1.82, 2.24) is 0 Å². The van der Waals surface area contributed by atoms with E-state index in [0.29, 0.717) is 0 Å². The van der Waals surface area contributed by atoms with Crippen molar-refractivity contribution in [2.24, 2.45) is 5.73 Å². The predicted octanol–water partition coefficient (Wildman–Crippen LogP) is 1.45. The topological polar surface area (TPSA) is 63.3 Å². The van der Waals surface area contributed by atoms with E-state index in [9.17, 15) is 13.6 Å². The van der Waals surface area contributed by atoms with Crippen LogP contribution >= 0.6 is 0 Å². The van der Waals surface area contributed by atoms with Gasteiger partial charge in [-0.1, -0.05) is 30.3 Å². The van der Waals surface area contributed by atoms with Crippen LogP contribution in [-0.4, -0.2) is 23.5 Å². The largest absolute Gasteiger partial charge is 0.480 e. The third kappa shape index (κ3) is 2.73. The van der Waals surface area contributed by atoms with E-state index in [2.05, 4.69) is 0 Å². The number of hydrogen-bond donors (Lipinski definition) is 2. The predicted molar refractivity (Wildman–Crippen MR) is 50.8 cm³/mol. The number of alkyl halides is 2. The summed E-state index contributed by atoms with van der Waals surface area (Å²) >= 11 is 0. The minimum absolute atomic E-state index is 0.238. The number of rotatable bonds is 4. The van der Waals surface area contributed by atoms with Gasteiger partial charge in [0.1, 0.15) is 6.04 Å². The minimum Gasteiger partial charge on any atom is -0.480 e. The van der Waals surface area contributed by atoms with Crippen LogP contribution in [0.3, 0.4) is 0 Å². The Bertz CT molecular complexity index is 329. The molecule has 0 heterocycles. The van der Waals surface area contributed by atoms with Gasteiger partial charge in [-0.25, -0.2) is 8.78 Å². The minimum atomic E-state index is -2.79. The summed E-state index contributed by atoms with van der Waals surface area (Å²) in [4.78, 5) is 10.6. The molecule has 0 aliphatic rings. The molecule has 0 unspecified atom stereocenters. The Balaban J connectivity index is 2.99. The van der Waals surface area contributed by atoms with Crippen LogP contribution in [0.15, 0.2) is 30.3 Å². The highest BCUT2D eigenvalue weighted by Crippen LogP contribution is 2.25. The van der Waals surface area contributed by atoms with E-state index < -0.39 is 24.4 Å². The Morgan fingerprint density at radius 2 is 1.80 bits per heavy atom. The zero-order chi connectivity index (χ0) is 11.4. The van der Waals surface area contributed by atoms with Gasteiger partial charge in [-0.3, -0.25) is 4.79 Å². The van der Waals surface area contributed by atoms with Gasteiger partial charge in [0.05, 0.1) is 5.92 Å². The van der Waals surface area contributed by atoms with Gasteiger partial charge in [0.15, 0.2) is 0 Å². The van der Waals surface area contributed by atoms with Gasteiger partial charge in [-0.15, -0.1) is 0 Å². The quantitative estimate of drug-likeness (QED) is 0.798. The fourth-order valence-corrected chi connectivity index (χ4v) is 1.34. The summed E-state index contributed by atoms with van der Waals surface area (Å²) in [5, 5.41) is 8.60. The molecule has 1 rings (SSSR count). The maximum atomic E-state index is 12.7. The molecule has 3 N–H and O–H groups in total. The van der Waals surface area contributed by atoms with E-state index in [1.807, 2.05) is 0 Å². The molecular weight excluding hydrogens is 204 g/mol. The summed E-state index contributed by atoms with van der Waals surface area (Å²) in [5.74, 6) is -2.90. The van der Waals surface area contributed by atoms with Gasteiger partial charge in [0, 0.05) is 0 Å². The Hall–Kier alpha value is -1.49. The first-order chi connectivity index (χ1) is 7.04. The van der Waals surface area contributed by atoms with E-state index in [0.717, 1.165) is 0 Å². The molecule has 0 aliphatic heterocycles. The van der Waals surface area contributed by atoms with Gasteiger partial charge in [0.25, 0.3) is 0 Å². The molecule has 82 valence electrons. The molecule has 1 aromatic carbocycles. The number of carboxylic acids is 1. The van der Waals surface area contributed by atoms with Crippen LogP contribution in [0.4, 0.5) is 8.78 Å². The van der Waals surface area contributed by atoms with Crippen molar-refractivity contribution in [3.05, 3.63) is 35.9 Å². The first kappa shape index (κ1) is 11.6. The molecule has 0 saturated heterocycles. The lowest BCUT2D eigenvalue weighted by Crippen LogP contribution is -2.39. The van der Waals surface area contributed by atoms with Crippen LogP contribution in [0.5, 0.6) is 0 Å². The van der Waals surface area contributed by atoms with Crippen LogP contribution in [0, 0.1) is 0 Å². The van der Waals surface area contributed by atoms with E-state index in [1.165, 1.54) is 12.1 Å². The van der Waals surface area contributed by atoms with Crippen LogP contribution in [-0.2, 0) is 4.79 Å². The highest BCUT2D eigenvalue weighted by molar-refractivity contribution is 5.74. The Kier molecular flexibility index (Phi) is 3.74. The number of aliphatic carboxylic acids is 1. The number of nitrogens with two attached hydrogens (primary N) is 1. The van der Waals surface area contributed by atoms with E-state index in [-0.39, 0.29) is 5.56 Å². The van der Waals surface area contributed by atoms with Gasteiger partial charge >= 0.3 is 5.97 Å². The number of carboxylic acid groups (broad SMARTS) is 1. The molecular formula is C10H11F2NO2. The van der Waals surface area contributed by atoms with Crippen molar-refractivity contribution in [2.45, 2.75) is 18.4 Å². The summed E-state index contributed by atoms with van der Waals surface area (Å²) in [5.41, 5.74) is 5.45. The van der Waals surface area contributed by atoms with Gasteiger partial charge < -0.3 is 10.8 Å². The lowest BCUT2D eigenvalue weighted by Gasteiger charge is -2.20. The average Bonchev–Trinajstić information content (AvgIpc) is 2.18. The number of halogens is 2. The summed E-state index contributed by atoms with van der Waals surface area (Å²) in [7, 11) is 0. The molecule has 0 radical (unpaired) electrons. The summed E-state index contributed by atoms with van der Waals surface area (Å²) in [6, 6.07) is 6.10. The molecule has 0 saturated carbocycles. The lowest BCUT2D eigenvalue weighted by atomic mass is 9.92. The van der Waals surface area contributed by atoms with E-state index >= 15 is 0 Å². The second-order valence-electron chi connectivity index (χ2n) is 3.13. The summed E-state index contributed by atoms with van der Waals surface area (Å²) in [6.07, 6.45) is -2.79. The zero-order valence-corrected chi connectivity index (χ0v) is 7.81. The maximum absolute atomic E-state index is 12.7. The SMILES string of the molecule is N[C@H](C(=O)O)[C@H](c1ccccc1)C(F)F. The average molecular weight is 215 g/mol. The first-order valence-electron chi connectivity index (χ1n) is 4.35. The van der Waals surface area contributed by atoms with E-state index in [4.69, 9.17) is 10.8 Å². The maximum Gasteiger partial charge on any atom is 0.321 e. The molecule has 3 nitrogen and oxygen atoms in total. The van der Waals surface area contributed by atoms with E-state index in [1.54, 1.807) is 18.2 Å². The first-order valence-corrected chi connectivity index (χ1v) is 4.35. The molecule has 0 aromatic heterocycles. The second-order valence-corrected chi connectivity index (χ2v) is 3.13. The molecule has 0 fully saturated rings. The summed E-state index contributed by atoms with van der Waals surface area (Å²) in [6.45, 7) is 0. The zero-order valence-electron chi connectivity index (χ0n) is 7.81.